The molecule has 1 atom stereocenters. The Bertz CT molecular complexity index is 537. The van der Waals surface area contributed by atoms with Crippen LogP contribution in [0.4, 0.5) is 14.9 Å². The number of urea groups is 1. The van der Waals surface area contributed by atoms with Crippen molar-refractivity contribution >= 4 is 17.7 Å². The Labute approximate surface area is 116 Å². The summed E-state index contributed by atoms with van der Waals surface area (Å²) in [5.74, 6) is -1.57. The lowest BCUT2D eigenvalue weighted by Gasteiger charge is -2.26. The molecule has 1 fully saturated rings. The predicted octanol–water partition coefficient (Wildman–Crippen LogP) is 2.51. The van der Waals surface area contributed by atoms with Crippen molar-refractivity contribution in [3.63, 3.8) is 0 Å². The molecule has 1 saturated carbocycles. The molecule has 0 heterocycles. The smallest absolute Gasteiger partial charge is 0.329 e. The monoisotopic (exact) mass is 280 g/mol. The van der Waals surface area contributed by atoms with Crippen molar-refractivity contribution in [3.8, 4) is 0 Å². The zero-order valence-electron chi connectivity index (χ0n) is 11.4. The van der Waals surface area contributed by atoms with E-state index in [1.165, 1.54) is 19.1 Å². The third kappa shape index (κ3) is 3.07. The van der Waals surface area contributed by atoms with Gasteiger partial charge in [0, 0.05) is 5.69 Å². The number of aryl methyl sites for hydroxylation is 1. The second-order valence-corrected chi connectivity index (χ2v) is 5.38. The number of halogens is 1. The van der Waals surface area contributed by atoms with Crippen LogP contribution in [-0.2, 0) is 4.79 Å². The van der Waals surface area contributed by atoms with Crippen LogP contribution in [0.3, 0.4) is 0 Å². The lowest BCUT2D eigenvalue weighted by Crippen LogP contribution is -2.55. The van der Waals surface area contributed by atoms with Crippen LogP contribution in [0, 0.1) is 18.7 Å². The topological polar surface area (TPSA) is 78.4 Å². The molecule has 5 nitrogen and oxygen atoms in total. The number of carbonyl (C=O) groups is 2. The van der Waals surface area contributed by atoms with Crippen molar-refractivity contribution in [2.24, 2.45) is 5.92 Å². The molecule has 0 bridgehead atoms. The highest BCUT2D eigenvalue weighted by Gasteiger charge is 2.48. The van der Waals surface area contributed by atoms with E-state index < -0.39 is 23.4 Å². The first-order chi connectivity index (χ1) is 9.31. The zero-order valence-corrected chi connectivity index (χ0v) is 11.4. The van der Waals surface area contributed by atoms with Gasteiger partial charge in [-0.25, -0.2) is 14.0 Å². The first kappa shape index (κ1) is 14.3. The Morgan fingerprint density at radius 3 is 2.50 bits per heavy atom. The molecule has 0 aromatic heterocycles. The standard InChI is InChI=1S/C14H17FN2O3/c1-8-5-10(15)7-11(6-8)16-13(20)17-14(2,12(18)19)9-3-4-9/h5-7,9H,3-4H2,1-2H3,(H,18,19)(H2,16,17,20). The van der Waals surface area contributed by atoms with Crippen molar-refractivity contribution in [1.29, 1.82) is 0 Å². The third-order valence-corrected chi connectivity index (χ3v) is 3.51. The van der Waals surface area contributed by atoms with Gasteiger partial charge in [-0.15, -0.1) is 0 Å². The summed E-state index contributed by atoms with van der Waals surface area (Å²) in [6, 6.07) is 3.49. The fourth-order valence-corrected chi connectivity index (χ4v) is 2.20. The summed E-state index contributed by atoms with van der Waals surface area (Å²) in [6.45, 7) is 3.20. The zero-order chi connectivity index (χ0) is 14.9. The Morgan fingerprint density at radius 1 is 1.35 bits per heavy atom. The second kappa shape index (κ2) is 5.11. The van der Waals surface area contributed by atoms with Crippen molar-refractivity contribution in [2.45, 2.75) is 32.2 Å². The number of nitrogens with one attached hydrogen (secondary N) is 2. The van der Waals surface area contributed by atoms with Crippen LogP contribution < -0.4 is 10.6 Å². The SMILES string of the molecule is Cc1cc(F)cc(NC(=O)NC(C)(C(=O)O)C2CC2)c1. The molecule has 2 rings (SSSR count). The van der Waals surface area contributed by atoms with Gasteiger partial charge in [-0.1, -0.05) is 0 Å². The molecule has 1 aromatic rings. The molecule has 6 heteroatoms. The molecule has 2 amide bonds. The molecule has 0 spiro atoms. The number of amides is 2. The fourth-order valence-electron chi connectivity index (χ4n) is 2.20. The summed E-state index contributed by atoms with van der Waals surface area (Å²) in [5.41, 5.74) is -0.320. The number of anilines is 1. The molecule has 1 aliphatic rings. The summed E-state index contributed by atoms with van der Waals surface area (Å²) >= 11 is 0. The third-order valence-electron chi connectivity index (χ3n) is 3.51. The van der Waals surface area contributed by atoms with E-state index >= 15 is 0 Å². The number of rotatable bonds is 4. The predicted molar refractivity (Wildman–Crippen MR) is 72.1 cm³/mol. The average molecular weight is 280 g/mol. The molecule has 1 unspecified atom stereocenters. The summed E-state index contributed by atoms with van der Waals surface area (Å²) < 4.78 is 13.2. The van der Waals surface area contributed by atoms with Crippen molar-refractivity contribution in [3.05, 3.63) is 29.6 Å². The van der Waals surface area contributed by atoms with Crippen LogP contribution in [0.25, 0.3) is 0 Å². The molecular formula is C14H17FN2O3. The molecule has 20 heavy (non-hydrogen) atoms. The largest absolute Gasteiger partial charge is 0.480 e. The molecule has 1 aromatic carbocycles. The Balaban J connectivity index is 2.06. The van der Waals surface area contributed by atoms with Crippen molar-refractivity contribution < 1.29 is 19.1 Å². The number of carbonyl (C=O) groups excluding carboxylic acids is 1. The molecular weight excluding hydrogens is 263 g/mol. The van der Waals surface area contributed by atoms with Crippen LogP contribution in [0.2, 0.25) is 0 Å². The van der Waals surface area contributed by atoms with Crippen LogP contribution in [-0.4, -0.2) is 22.6 Å². The van der Waals surface area contributed by atoms with Gasteiger partial charge in [0.25, 0.3) is 0 Å². The van der Waals surface area contributed by atoms with Gasteiger partial charge in [-0.2, -0.15) is 0 Å². The van der Waals surface area contributed by atoms with Gasteiger partial charge in [0.2, 0.25) is 0 Å². The summed E-state index contributed by atoms with van der Waals surface area (Å²) in [7, 11) is 0. The normalized spacial score (nSPS) is 17.1. The van der Waals surface area contributed by atoms with Gasteiger partial charge in [0.1, 0.15) is 11.4 Å². The van der Waals surface area contributed by atoms with Gasteiger partial charge >= 0.3 is 12.0 Å². The van der Waals surface area contributed by atoms with Crippen LogP contribution in [0.1, 0.15) is 25.3 Å². The summed E-state index contributed by atoms with van der Waals surface area (Å²) in [5, 5.41) is 14.2. The Hall–Kier alpha value is -2.11. The van der Waals surface area contributed by atoms with E-state index in [4.69, 9.17) is 0 Å². The molecule has 0 radical (unpaired) electrons. The van der Waals surface area contributed by atoms with Gasteiger partial charge in [-0.05, 0) is 56.4 Å². The second-order valence-electron chi connectivity index (χ2n) is 5.38. The van der Waals surface area contributed by atoms with Crippen LogP contribution in [0.15, 0.2) is 18.2 Å². The van der Waals surface area contributed by atoms with Crippen LogP contribution in [0.5, 0.6) is 0 Å². The summed E-state index contributed by atoms with van der Waals surface area (Å²) in [4.78, 5) is 23.2. The lowest BCUT2D eigenvalue weighted by molar-refractivity contribution is -0.144. The molecule has 0 saturated heterocycles. The average Bonchev–Trinajstić information content (AvgIpc) is 3.10. The van der Waals surface area contributed by atoms with E-state index in [1.807, 2.05) is 0 Å². The van der Waals surface area contributed by atoms with Crippen molar-refractivity contribution in [2.75, 3.05) is 5.32 Å². The fraction of sp³-hybridized carbons (Fsp3) is 0.429. The number of hydrogen-bond donors (Lipinski definition) is 3. The van der Waals surface area contributed by atoms with Gasteiger partial charge in [0.15, 0.2) is 0 Å². The molecule has 1 aliphatic carbocycles. The Morgan fingerprint density at radius 2 is 2.00 bits per heavy atom. The first-order valence-corrected chi connectivity index (χ1v) is 6.41. The lowest BCUT2D eigenvalue weighted by atomic mass is 9.96. The first-order valence-electron chi connectivity index (χ1n) is 6.41. The van der Waals surface area contributed by atoms with E-state index in [9.17, 15) is 19.1 Å². The van der Waals surface area contributed by atoms with Crippen molar-refractivity contribution in [1.82, 2.24) is 5.32 Å². The van der Waals surface area contributed by atoms with E-state index in [0.29, 0.717) is 11.3 Å². The highest BCUT2D eigenvalue weighted by Crippen LogP contribution is 2.39. The number of carboxylic acid groups (broad SMARTS) is 1. The van der Waals surface area contributed by atoms with E-state index in [2.05, 4.69) is 10.6 Å². The Kier molecular flexibility index (Phi) is 3.65. The maximum absolute atomic E-state index is 13.2. The van der Waals surface area contributed by atoms with Gasteiger partial charge < -0.3 is 15.7 Å². The highest BCUT2D eigenvalue weighted by atomic mass is 19.1. The van der Waals surface area contributed by atoms with E-state index in [-0.39, 0.29) is 5.92 Å². The maximum Gasteiger partial charge on any atom is 0.329 e. The minimum atomic E-state index is -1.29. The minimum absolute atomic E-state index is 0.0556. The number of aliphatic carboxylic acids is 1. The highest BCUT2D eigenvalue weighted by molar-refractivity contribution is 5.94. The maximum atomic E-state index is 13.2. The molecule has 3 N–H and O–H groups in total. The van der Waals surface area contributed by atoms with E-state index in [0.717, 1.165) is 12.8 Å². The van der Waals surface area contributed by atoms with Gasteiger partial charge in [-0.3, -0.25) is 0 Å². The van der Waals surface area contributed by atoms with Crippen LogP contribution >= 0.6 is 0 Å². The quantitative estimate of drug-likeness (QED) is 0.793. The molecule has 0 aliphatic heterocycles. The molecule has 108 valence electrons. The number of hydrogen-bond acceptors (Lipinski definition) is 2. The van der Waals surface area contributed by atoms with Gasteiger partial charge in [0.05, 0.1) is 0 Å². The summed E-state index contributed by atoms with van der Waals surface area (Å²) in [6.07, 6.45) is 1.56. The number of benzene rings is 1. The minimum Gasteiger partial charge on any atom is -0.480 e. The number of carboxylic acids is 1. The van der Waals surface area contributed by atoms with E-state index in [1.54, 1.807) is 13.0 Å².